The second-order valence-corrected chi connectivity index (χ2v) is 6.16. The topological polar surface area (TPSA) is 16.1 Å². The van der Waals surface area contributed by atoms with E-state index < -0.39 is 0 Å². The fraction of sp³-hybridized carbons (Fsp3) is 0.353. The van der Waals surface area contributed by atoms with Crippen molar-refractivity contribution in [3.8, 4) is 11.1 Å². The van der Waals surface area contributed by atoms with Crippen LogP contribution in [0.15, 0.2) is 36.5 Å². The molecule has 0 unspecified atom stereocenters. The molecule has 0 N–H and O–H groups in total. The summed E-state index contributed by atoms with van der Waals surface area (Å²) in [5.41, 5.74) is 6.63. The average Bonchev–Trinajstić information content (AvgIpc) is 2.59. The molecule has 0 fully saturated rings. The third kappa shape index (κ3) is 2.01. The van der Waals surface area contributed by atoms with Crippen molar-refractivity contribution in [3.63, 3.8) is 0 Å². The van der Waals surface area contributed by atoms with Crippen LogP contribution in [0.1, 0.15) is 25.1 Å². The number of fused-ring (bicyclic) bond motifs is 1. The first-order chi connectivity index (χ1) is 8.97. The maximum Gasteiger partial charge on any atom is 0.0408 e. The van der Waals surface area contributed by atoms with Gasteiger partial charge >= 0.3 is 0 Å². The van der Waals surface area contributed by atoms with E-state index in [0.717, 1.165) is 12.2 Å². The maximum atomic E-state index is 4.27. The lowest BCUT2D eigenvalue weighted by Gasteiger charge is -2.18. The normalized spacial score (nSPS) is 16.5. The van der Waals surface area contributed by atoms with E-state index in [0.29, 0.717) is 0 Å². The quantitative estimate of drug-likeness (QED) is 0.767. The van der Waals surface area contributed by atoms with Crippen molar-refractivity contribution in [2.45, 2.75) is 26.2 Å². The molecule has 2 aromatic rings. The van der Waals surface area contributed by atoms with Crippen LogP contribution in [0, 0.1) is 6.92 Å². The van der Waals surface area contributed by atoms with Gasteiger partial charge in [-0.05, 0) is 41.8 Å². The highest BCUT2D eigenvalue weighted by molar-refractivity contribution is 5.73. The van der Waals surface area contributed by atoms with Crippen LogP contribution >= 0.6 is 0 Å². The minimum absolute atomic E-state index is 0.247. The van der Waals surface area contributed by atoms with Gasteiger partial charge in [-0.15, -0.1) is 0 Å². The summed E-state index contributed by atoms with van der Waals surface area (Å²) < 4.78 is 0. The number of likely N-dealkylation sites (N-methyl/N-ethyl adjacent to an activating group) is 1. The van der Waals surface area contributed by atoms with Crippen molar-refractivity contribution < 1.29 is 0 Å². The third-order valence-electron chi connectivity index (χ3n) is 4.00. The monoisotopic (exact) mass is 252 g/mol. The van der Waals surface area contributed by atoms with Gasteiger partial charge in [0, 0.05) is 36.6 Å². The van der Waals surface area contributed by atoms with Gasteiger partial charge in [-0.3, -0.25) is 4.98 Å². The number of aryl methyl sites for hydroxylation is 1. The Morgan fingerprint density at radius 1 is 1.11 bits per heavy atom. The van der Waals surface area contributed by atoms with E-state index >= 15 is 0 Å². The Hall–Kier alpha value is -1.83. The number of pyridine rings is 1. The summed E-state index contributed by atoms with van der Waals surface area (Å²) in [5, 5.41) is 0. The van der Waals surface area contributed by atoms with E-state index in [1.54, 1.807) is 0 Å². The number of benzene rings is 1. The van der Waals surface area contributed by atoms with Crippen molar-refractivity contribution in [1.82, 2.24) is 4.98 Å². The van der Waals surface area contributed by atoms with Crippen LogP contribution in [0.25, 0.3) is 11.1 Å². The van der Waals surface area contributed by atoms with E-state index in [9.17, 15) is 0 Å². The summed E-state index contributed by atoms with van der Waals surface area (Å²) >= 11 is 0. The van der Waals surface area contributed by atoms with Gasteiger partial charge in [-0.2, -0.15) is 0 Å². The van der Waals surface area contributed by atoms with Crippen molar-refractivity contribution in [3.05, 3.63) is 47.8 Å². The first-order valence-electron chi connectivity index (χ1n) is 6.76. The van der Waals surface area contributed by atoms with Gasteiger partial charge in [0.15, 0.2) is 0 Å². The van der Waals surface area contributed by atoms with Crippen LogP contribution in [0.4, 0.5) is 5.69 Å². The lowest BCUT2D eigenvalue weighted by Crippen LogP contribution is -2.24. The number of nitrogens with zero attached hydrogens (tertiary/aromatic N) is 2. The summed E-state index contributed by atoms with van der Waals surface area (Å²) in [6, 6.07) is 11.0. The van der Waals surface area contributed by atoms with Gasteiger partial charge in [-0.25, -0.2) is 0 Å². The summed E-state index contributed by atoms with van der Waals surface area (Å²) in [6.07, 6.45) is 1.88. The molecular weight excluding hydrogens is 232 g/mol. The van der Waals surface area contributed by atoms with Gasteiger partial charge in [-0.1, -0.05) is 26.0 Å². The van der Waals surface area contributed by atoms with Gasteiger partial charge < -0.3 is 4.90 Å². The predicted octanol–water partition coefficient (Wildman–Crippen LogP) is 3.78. The summed E-state index contributed by atoms with van der Waals surface area (Å²) in [5.74, 6) is 0. The number of anilines is 1. The molecule has 0 amide bonds. The van der Waals surface area contributed by atoms with Gasteiger partial charge in [0.05, 0.1) is 0 Å². The molecule has 0 saturated heterocycles. The van der Waals surface area contributed by atoms with Crippen LogP contribution in [0.3, 0.4) is 0 Å². The van der Waals surface area contributed by atoms with E-state index in [4.69, 9.17) is 0 Å². The SMILES string of the molecule is Cc1cc(-c2ccc3c(c2)N(C)CC3(C)C)ccn1. The Labute approximate surface area is 115 Å². The van der Waals surface area contributed by atoms with Crippen LogP contribution < -0.4 is 4.90 Å². The molecule has 0 atom stereocenters. The zero-order valence-corrected chi connectivity index (χ0v) is 12.1. The second kappa shape index (κ2) is 4.09. The molecule has 0 saturated carbocycles. The number of aromatic nitrogens is 1. The molecule has 0 bridgehead atoms. The van der Waals surface area contributed by atoms with E-state index in [1.165, 1.54) is 22.4 Å². The molecule has 2 heterocycles. The largest absolute Gasteiger partial charge is 0.373 e. The summed E-state index contributed by atoms with van der Waals surface area (Å²) in [4.78, 5) is 6.62. The van der Waals surface area contributed by atoms with Gasteiger partial charge in [0.25, 0.3) is 0 Å². The van der Waals surface area contributed by atoms with Gasteiger partial charge in [0.1, 0.15) is 0 Å². The van der Waals surface area contributed by atoms with Crippen LogP contribution in [-0.2, 0) is 5.41 Å². The minimum Gasteiger partial charge on any atom is -0.373 e. The molecule has 1 aromatic heterocycles. The second-order valence-electron chi connectivity index (χ2n) is 6.16. The van der Waals surface area contributed by atoms with Crippen LogP contribution in [0.5, 0.6) is 0 Å². The Bertz CT molecular complexity index is 629. The predicted molar refractivity (Wildman–Crippen MR) is 80.7 cm³/mol. The fourth-order valence-corrected chi connectivity index (χ4v) is 3.09. The third-order valence-corrected chi connectivity index (χ3v) is 4.00. The van der Waals surface area contributed by atoms with Crippen LogP contribution in [-0.4, -0.2) is 18.6 Å². The van der Waals surface area contributed by atoms with Gasteiger partial charge in [0.2, 0.25) is 0 Å². The molecule has 1 aromatic carbocycles. The highest BCUT2D eigenvalue weighted by atomic mass is 15.1. The average molecular weight is 252 g/mol. The Kier molecular flexibility index (Phi) is 2.63. The number of hydrogen-bond acceptors (Lipinski definition) is 2. The molecule has 2 heteroatoms. The standard InChI is InChI=1S/C17H20N2/c1-12-9-14(7-8-18-12)13-5-6-15-16(10-13)19(4)11-17(15,2)3/h5-10H,11H2,1-4H3. The smallest absolute Gasteiger partial charge is 0.0408 e. The zero-order chi connectivity index (χ0) is 13.6. The molecule has 0 spiro atoms. The van der Waals surface area contributed by atoms with Crippen molar-refractivity contribution in [2.75, 3.05) is 18.5 Å². The van der Waals surface area contributed by atoms with Crippen molar-refractivity contribution in [2.24, 2.45) is 0 Å². The molecule has 3 rings (SSSR count). The lowest BCUT2D eigenvalue weighted by molar-refractivity contribution is 0.563. The Morgan fingerprint density at radius 2 is 1.84 bits per heavy atom. The fourth-order valence-electron chi connectivity index (χ4n) is 3.09. The highest BCUT2D eigenvalue weighted by Crippen LogP contribution is 2.41. The van der Waals surface area contributed by atoms with Crippen LogP contribution in [0.2, 0.25) is 0 Å². The molecule has 0 radical (unpaired) electrons. The zero-order valence-electron chi connectivity index (χ0n) is 12.1. The molecule has 1 aliphatic heterocycles. The lowest BCUT2D eigenvalue weighted by atomic mass is 9.86. The molecule has 0 aliphatic carbocycles. The number of hydrogen-bond donors (Lipinski definition) is 0. The molecule has 98 valence electrons. The first-order valence-corrected chi connectivity index (χ1v) is 6.76. The minimum atomic E-state index is 0.247. The highest BCUT2D eigenvalue weighted by Gasteiger charge is 2.33. The first kappa shape index (κ1) is 12.2. The van der Waals surface area contributed by atoms with Crippen molar-refractivity contribution >= 4 is 5.69 Å². The summed E-state index contributed by atoms with van der Waals surface area (Å²) in [7, 11) is 2.18. The van der Waals surface area contributed by atoms with Crippen molar-refractivity contribution in [1.29, 1.82) is 0 Å². The molecule has 1 aliphatic rings. The van der Waals surface area contributed by atoms with E-state index in [1.807, 2.05) is 13.1 Å². The Balaban J connectivity index is 2.10. The molecular formula is C17H20N2. The maximum absolute atomic E-state index is 4.27. The summed E-state index contributed by atoms with van der Waals surface area (Å²) in [6.45, 7) is 7.74. The Morgan fingerprint density at radius 3 is 2.58 bits per heavy atom. The molecule has 2 nitrogen and oxygen atoms in total. The molecule has 19 heavy (non-hydrogen) atoms. The number of rotatable bonds is 1. The van der Waals surface area contributed by atoms with E-state index in [2.05, 4.69) is 61.1 Å². The van der Waals surface area contributed by atoms with E-state index in [-0.39, 0.29) is 5.41 Å².